The number of pyridine rings is 1. The molecule has 4 nitrogen and oxygen atoms in total. The lowest BCUT2D eigenvalue weighted by Gasteiger charge is -2.08. The third-order valence-electron chi connectivity index (χ3n) is 3.23. The summed E-state index contributed by atoms with van der Waals surface area (Å²) in [6.07, 6.45) is 2.44. The van der Waals surface area contributed by atoms with Gasteiger partial charge < -0.3 is 11.1 Å². The molecule has 0 aliphatic rings. The molecule has 2 rings (SSSR count). The Balaban J connectivity index is 1.91. The van der Waals surface area contributed by atoms with Gasteiger partial charge in [0, 0.05) is 24.8 Å². The molecule has 0 aliphatic heterocycles. The van der Waals surface area contributed by atoms with E-state index in [0.717, 1.165) is 12.1 Å². The van der Waals surface area contributed by atoms with E-state index < -0.39 is 0 Å². The number of nitrogens with one attached hydrogen (secondary N) is 1. The van der Waals surface area contributed by atoms with Crippen LogP contribution in [0.15, 0.2) is 42.6 Å². The summed E-state index contributed by atoms with van der Waals surface area (Å²) in [6, 6.07) is 11.6. The van der Waals surface area contributed by atoms with E-state index in [0.29, 0.717) is 18.7 Å². The number of nitrogens with zero attached hydrogens (tertiary/aromatic N) is 1. The molecule has 0 aliphatic carbocycles. The van der Waals surface area contributed by atoms with Crippen LogP contribution < -0.4 is 11.1 Å². The molecule has 0 saturated carbocycles. The molecule has 4 heteroatoms. The van der Waals surface area contributed by atoms with Crippen molar-refractivity contribution in [2.24, 2.45) is 5.73 Å². The highest BCUT2D eigenvalue weighted by Crippen LogP contribution is 2.07. The second-order valence-electron chi connectivity index (χ2n) is 4.67. The minimum absolute atomic E-state index is 0.0873. The maximum absolute atomic E-state index is 12.0. The second kappa shape index (κ2) is 6.82. The molecule has 0 unspecified atom stereocenters. The minimum Gasteiger partial charge on any atom is -0.352 e. The molecule has 1 heterocycles. The smallest absolute Gasteiger partial charge is 0.251 e. The summed E-state index contributed by atoms with van der Waals surface area (Å²) in [5, 5.41) is 2.92. The van der Waals surface area contributed by atoms with Gasteiger partial charge in [-0.25, -0.2) is 0 Å². The largest absolute Gasteiger partial charge is 0.352 e. The average Bonchev–Trinajstić information content (AvgIpc) is 2.49. The first-order valence-electron chi connectivity index (χ1n) is 6.68. The van der Waals surface area contributed by atoms with Crippen molar-refractivity contribution in [1.29, 1.82) is 0 Å². The van der Waals surface area contributed by atoms with Crippen LogP contribution in [0.1, 0.15) is 27.2 Å². The summed E-state index contributed by atoms with van der Waals surface area (Å²) < 4.78 is 0. The van der Waals surface area contributed by atoms with Crippen LogP contribution in [0.25, 0.3) is 0 Å². The summed E-state index contributed by atoms with van der Waals surface area (Å²) >= 11 is 0. The van der Waals surface area contributed by atoms with E-state index in [1.165, 1.54) is 11.1 Å². The van der Waals surface area contributed by atoms with Crippen molar-refractivity contribution < 1.29 is 4.79 Å². The summed E-state index contributed by atoms with van der Waals surface area (Å²) in [5.41, 5.74) is 9.34. The Kier molecular flexibility index (Phi) is 4.85. The number of rotatable bonds is 5. The van der Waals surface area contributed by atoms with Crippen LogP contribution in [0, 0.1) is 6.92 Å². The van der Waals surface area contributed by atoms with Gasteiger partial charge in [0.25, 0.3) is 5.91 Å². The van der Waals surface area contributed by atoms with Gasteiger partial charge in [0.15, 0.2) is 0 Å². The molecule has 0 bridgehead atoms. The van der Waals surface area contributed by atoms with Crippen molar-refractivity contribution in [1.82, 2.24) is 10.3 Å². The van der Waals surface area contributed by atoms with E-state index in [1.807, 2.05) is 12.1 Å². The first kappa shape index (κ1) is 14.2. The molecular formula is C16H19N3O. The van der Waals surface area contributed by atoms with Gasteiger partial charge in [-0.1, -0.05) is 24.3 Å². The zero-order chi connectivity index (χ0) is 14.4. The van der Waals surface area contributed by atoms with Gasteiger partial charge in [0.1, 0.15) is 0 Å². The number of aromatic nitrogens is 1. The van der Waals surface area contributed by atoms with Crippen LogP contribution in [0.2, 0.25) is 0 Å². The summed E-state index contributed by atoms with van der Waals surface area (Å²) in [5.74, 6) is -0.0873. The van der Waals surface area contributed by atoms with Gasteiger partial charge in [-0.2, -0.15) is 0 Å². The Hall–Kier alpha value is -2.20. The number of carbonyl (C=O) groups is 1. The van der Waals surface area contributed by atoms with E-state index in [9.17, 15) is 4.79 Å². The Labute approximate surface area is 119 Å². The van der Waals surface area contributed by atoms with Gasteiger partial charge in [-0.3, -0.25) is 9.78 Å². The van der Waals surface area contributed by atoms with E-state index in [1.54, 1.807) is 18.3 Å². The highest BCUT2D eigenvalue weighted by atomic mass is 16.1. The molecule has 20 heavy (non-hydrogen) atoms. The number of amides is 1. The zero-order valence-corrected chi connectivity index (χ0v) is 11.6. The molecule has 0 fully saturated rings. The molecule has 2 aromatic rings. The Morgan fingerprint density at radius 2 is 2.10 bits per heavy atom. The lowest BCUT2D eigenvalue weighted by atomic mass is 10.1. The van der Waals surface area contributed by atoms with Crippen LogP contribution in [0.4, 0.5) is 0 Å². The predicted octanol–water partition coefficient (Wildman–Crippen LogP) is 1.82. The molecule has 0 atom stereocenters. The van der Waals surface area contributed by atoms with Crippen molar-refractivity contribution in [2.75, 3.05) is 6.54 Å². The number of nitrogens with two attached hydrogens (primary N) is 1. The van der Waals surface area contributed by atoms with E-state index in [2.05, 4.69) is 29.4 Å². The van der Waals surface area contributed by atoms with E-state index in [-0.39, 0.29) is 5.91 Å². The van der Waals surface area contributed by atoms with Gasteiger partial charge >= 0.3 is 0 Å². The van der Waals surface area contributed by atoms with Gasteiger partial charge in [-0.05, 0) is 36.6 Å². The van der Waals surface area contributed by atoms with Crippen LogP contribution in [0.3, 0.4) is 0 Å². The Morgan fingerprint density at radius 3 is 2.85 bits per heavy atom. The van der Waals surface area contributed by atoms with E-state index in [4.69, 9.17) is 5.73 Å². The third kappa shape index (κ3) is 3.65. The predicted molar refractivity (Wildman–Crippen MR) is 79.3 cm³/mol. The molecule has 104 valence electrons. The normalized spacial score (nSPS) is 10.3. The maximum Gasteiger partial charge on any atom is 0.251 e. The maximum atomic E-state index is 12.0. The SMILES string of the molecule is Cc1ccccc1CCNC(=O)c1ccnc(CN)c1. The zero-order valence-electron chi connectivity index (χ0n) is 11.6. The van der Waals surface area contributed by atoms with Gasteiger partial charge in [0.05, 0.1) is 5.69 Å². The lowest BCUT2D eigenvalue weighted by molar-refractivity contribution is 0.0954. The van der Waals surface area contributed by atoms with Crippen molar-refractivity contribution in [3.63, 3.8) is 0 Å². The van der Waals surface area contributed by atoms with Crippen molar-refractivity contribution >= 4 is 5.91 Å². The monoisotopic (exact) mass is 269 g/mol. The van der Waals surface area contributed by atoms with Crippen LogP contribution in [-0.2, 0) is 13.0 Å². The number of carbonyl (C=O) groups excluding carboxylic acids is 1. The molecule has 1 aromatic carbocycles. The molecule has 0 saturated heterocycles. The Morgan fingerprint density at radius 1 is 1.30 bits per heavy atom. The molecule has 1 amide bonds. The molecule has 1 aromatic heterocycles. The number of benzene rings is 1. The molecular weight excluding hydrogens is 250 g/mol. The summed E-state index contributed by atoms with van der Waals surface area (Å²) in [4.78, 5) is 16.1. The molecule has 0 spiro atoms. The quantitative estimate of drug-likeness (QED) is 0.870. The van der Waals surface area contributed by atoms with Crippen LogP contribution in [-0.4, -0.2) is 17.4 Å². The van der Waals surface area contributed by atoms with Crippen molar-refractivity contribution in [2.45, 2.75) is 19.9 Å². The highest BCUT2D eigenvalue weighted by Gasteiger charge is 2.06. The fourth-order valence-corrected chi connectivity index (χ4v) is 2.03. The average molecular weight is 269 g/mol. The highest BCUT2D eigenvalue weighted by molar-refractivity contribution is 5.94. The lowest BCUT2D eigenvalue weighted by Crippen LogP contribution is -2.26. The van der Waals surface area contributed by atoms with Crippen LogP contribution in [0.5, 0.6) is 0 Å². The standard InChI is InChI=1S/C16H19N3O/c1-12-4-2-3-5-13(12)6-9-19-16(20)14-7-8-18-15(10-14)11-17/h2-5,7-8,10H,6,9,11,17H2,1H3,(H,19,20). The molecule has 0 radical (unpaired) electrons. The fourth-order valence-electron chi connectivity index (χ4n) is 2.03. The Bertz CT molecular complexity index is 596. The third-order valence-corrected chi connectivity index (χ3v) is 3.23. The summed E-state index contributed by atoms with van der Waals surface area (Å²) in [6.45, 7) is 3.03. The number of hydrogen-bond acceptors (Lipinski definition) is 3. The fraction of sp³-hybridized carbons (Fsp3) is 0.250. The molecule has 3 N–H and O–H groups in total. The topological polar surface area (TPSA) is 68.0 Å². The van der Waals surface area contributed by atoms with E-state index >= 15 is 0 Å². The van der Waals surface area contributed by atoms with Gasteiger partial charge in [0.2, 0.25) is 0 Å². The van der Waals surface area contributed by atoms with Gasteiger partial charge in [-0.15, -0.1) is 0 Å². The van der Waals surface area contributed by atoms with Crippen molar-refractivity contribution in [3.05, 3.63) is 65.0 Å². The summed E-state index contributed by atoms with van der Waals surface area (Å²) in [7, 11) is 0. The second-order valence-corrected chi connectivity index (χ2v) is 4.67. The number of hydrogen-bond donors (Lipinski definition) is 2. The first-order chi connectivity index (χ1) is 9.70. The number of aryl methyl sites for hydroxylation is 1. The van der Waals surface area contributed by atoms with Crippen LogP contribution >= 0.6 is 0 Å². The minimum atomic E-state index is -0.0873. The van der Waals surface area contributed by atoms with Crippen molar-refractivity contribution in [3.8, 4) is 0 Å². The first-order valence-corrected chi connectivity index (χ1v) is 6.68.